The van der Waals surface area contributed by atoms with Crippen LogP contribution in [0.4, 0.5) is 5.95 Å². The third kappa shape index (κ3) is 3.93. The molecule has 1 aromatic heterocycles. The first-order chi connectivity index (χ1) is 14.7. The van der Waals surface area contributed by atoms with E-state index in [9.17, 15) is 4.79 Å². The molecule has 1 amide bonds. The molecule has 0 atom stereocenters. The number of hydrogen-bond acceptors (Lipinski definition) is 5. The fourth-order valence-electron chi connectivity index (χ4n) is 5.03. The fourth-order valence-corrected chi connectivity index (χ4v) is 5.03. The zero-order valence-corrected chi connectivity index (χ0v) is 17.6. The van der Waals surface area contributed by atoms with E-state index >= 15 is 0 Å². The molecule has 0 unspecified atom stereocenters. The van der Waals surface area contributed by atoms with E-state index in [1.54, 1.807) is 6.20 Å². The molecule has 1 aromatic carbocycles. The largest absolute Gasteiger partial charge is 0.365 e. The van der Waals surface area contributed by atoms with Gasteiger partial charge in [-0.3, -0.25) is 9.69 Å². The minimum atomic E-state index is -0.455. The number of fused-ring (bicyclic) bond motifs is 1. The van der Waals surface area contributed by atoms with Gasteiger partial charge in [0.05, 0.1) is 11.3 Å². The number of nitrogens with zero attached hydrogens (tertiary/aromatic N) is 4. The van der Waals surface area contributed by atoms with Crippen molar-refractivity contribution < 1.29 is 4.79 Å². The minimum absolute atomic E-state index is 0.434. The van der Waals surface area contributed by atoms with Crippen LogP contribution in [-0.2, 0) is 19.3 Å². The van der Waals surface area contributed by atoms with Crippen LogP contribution >= 0.6 is 0 Å². The number of aromatic nitrogens is 2. The Morgan fingerprint density at radius 3 is 2.50 bits per heavy atom. The molecule has 0 spiro atoms. The molecule has 1 aliphatic carbocycles. The highest BCUT2D eigenvalue weighted by Gasteiger charge is 2.26. The summed E-state index contributed by atoms with van der Waals surface area (Å²) in [6.07, 6.45) is 10.9. The molecule has 1 saturated carbocycles. The van der Waals surface area contributed by atoms with Crippen molar-refractivity contribution in [1.29, 1.82) is 0 Å². The van der Waals surface area contributed by atoms with Gasteiger partial charge in [-0.25, -0.2) is 9.97 Å². The number of amides is 1. The van der Waals surface area contributed by atoms with E-state index in [0.29, 0.717) is 12.0 Å². The summed E-state index contributed by atoms with van der Waals surface area (Å²) < 4.78 is 0. The lowest BCUT2D eigenvalue weighted by molar-refractivity contribution is 0.0998. The van der Waals surface area contributed by atoms with Gasteiger partial charge in [0.25, 0.3) is 5.91 Å². The number of rotatable bonds is 5. The molecule has 5 rings (SSSR count). The van der Waals surface area contributed by atoms with Gasteiger partial charge in [0, 0.05) is 44.8 Å². The SMILES string of the molecule is NC(=O)c1cnc(N2CCCC2)nc1Cc1ccc2c(c1)CCN(C1CCC1)CC2. The third-order valence-corrected chi connectivity index (χ3v) is 7.08. The Morgan fingerprint density at radius 2 is 1.80 bits per heavy atom. The van der Waals surface area contributed by atoms with Crippen LogP contribution in [0.15, 0.2) is 24.4 Å². The van der Waals surface area contributed by atoms with Gasteiger partial charge >= 0.3 is 0 Å². The smallest absolute Gasteiger partial charge is 0.252 e. The van der Waals surface area contributed by atoms with E-state index in [1.807, 2.05) is 0 Å². The highest BCUT2D eigenvalue weighted by atomic mass is 16.1. The van der Waals surface area contributed by atoms with Crippen molar-refractivity contribution >= 4 is 11.9 Å². The van der Waals surface area contributed by atoms with Gasteiger partial charge in [-0.05, 0) is 55.2 Å². The van der Waals surface area contributed by atoms with E-state index < -0.39 is 5.91 Å². The summed E-state index contributed by atoms with van der Waals surface area (Å²) in [5.74, 6) is 0.266. The Labute approximate surface area is 178 Å². The minimum Gasteiger partial charge on any atom is -0.365 e. The van der Waals surface area contributed by atoms with Crippen LogP contribution in [0.3, 0.4) is 0 Å². The second-order valence-electron chi connectivity index (χ2n) is 8.99. The van der Waals surface area contributed by atoms with Crippen LogP contribution in [0.5, 0.6) is 0 Å². The lowest BCUT2D eigenvalue weighted by Gasteiger charge is -2.36. The van der Waals surface area contributed by atoms with Gasteiger partial charge in [0.2, 0.25) is 5.95 Å². The molecule has 3 aliphatic rings. The Bertz CT molecular complexity index is 933. The average molecular weight is 406 g/mol. The lowest BCUT2D eigenvalue weighted by Crippen LogP contribution is -2.41. The Kier molecular flexibility index (Phi) is 5.42. The van der Waals surface area contributed by atoms with Gasteiger partial charge in [0.1, 0.15) is 0 Å². The Morgan fingerprint density at radius 1 is 1.03 bits per heavy atom. The molecular formula is C24H31N5O. The third-order valence-electron chi connectivity index (χ3n) is 7.08. The van der Waals surface area contributed by atoms with Crippen molar-refractivity contribution in [2.24, 2.45) is 5.73 Å². The monoisotopic (exact) mass is 405 g/mol. The van der Waals surface area contributed by atoms with Crippen LogP contribution in [0, 0.1) is 0 Å². The highest BCUT2D eigenvalue weighted by molar-refractivity contribution is 5.93. The number of carbonyl (C=O) groups excluding carboxylic acids is 1. The van der Waals surface area contributed by atoms with E-state index in [1.165, 1.54) is 55.3 Å². The number of anilines is 1. The van der Waals surface area contributed by atoms with E-state index in [4.69, 9.17) is 10.7 Å². The van der Waals surface area contributed by atoms with Crippen molar-refractivity contribution in [3.05, 3.63) is 52.3 Å². The van der Waals surface area contributed by atoms with Crippen molar-refractivity contribution in [2.45, 2.75) is 57.4 Å². The van der Waals surface area contributed by atoms with Crippen LogP contribution in [0.25, 0.3) is 0 Å². The van der Waals surface area contributed by atoms with Crippen molar-refractivity contribution in [1.82, 2.24) is 14.9 Å². The summed E-state index contributed by atoms with van der Waals surface area (Å²) in [6.45, 7) is 4.28. The standard InChI is InChI=1S/C24H31N5O/c25-23(30)21-16-26-24(29-10-1-2-11-29)27-22(21)15-17-6-7-18-8-12-28(20-4-3-5-20)13-9-19(18)14-17/h6-7,14,16,20H,1-5,8-13,15H2,(H2,25,30). The first kappa shape index (κ1) is 19.5. The molecule has 30 heavy (non-hydrogen) atoms. The zero-order chi connectivity index (χ0) is 20.5. The second kappa shape index (κ2) is 8.34. The summed E-state index contributed by atoms with van der Waals surface area (Å²) in [7, 11) is 0. The molecule has 6 heteroatoms. The predicted octanol–water partition coefficient (Wildman–Crippen LogP) is 2.72. The molecule has 0 radical (unpaired) electrons. The van der Waals surface area contributed by atoms with Gasteiger partial charge in [0.15, 0.2) is 0 Å². The molecule has 2 aliphatic heterocycles. The molecule has 2 fully saturated rings. The fraction of sp³-hybridized carbons (Fsp3) is 0.542. The van der Waals surface area contributed by atoms with Crippen LogP contribution in [0.2, 0.25) is 0 Å². The van der Waals surface area contributed by atoms with Crippen molar-refractivity contribution in [3.63, 3.8) is 0 Å². The topological polar surface area (TPSA) is 75.4 Å². The summed E-state index contributed by atoms with van der Waals surface area (Å²) in [6, 6.07) is 7.60. The molecule has 0 bridgehead atoms. The van der Waals surface area contributed by atoms with Crippen LogP contribution < -0.4 is 10.6 Å². The normalized spacial score (nSPS) is 19.9. The quantitative estimate of drug-likeness (QED) is 0.828. The lowest BCUT2D eigenvalue weighted by atomic mass is 9.91. The number of nitrogens with two attached hydrogens (primary N) is 1. The van der Waals surface area contributed by atoms with Crippen LogP contribution in [0.1, 0.15) is 64.8 Å². The van der Waals surface area contributed by atoms with Gasteiger partial charge < -0.3 is 10.6 Å². The van der Waals surface area contributed by atoms with E-state index in [2.05, 4.69) is 33.0 Å². The molecular weight excluding hydrogens is 374 g/mol. The van der Waals surface area contributed by atoms with Crippen molar-refractivity contribution in [2.75, 3.05) is 31.1 Å². The molecule has 1 saturated heterocycles. The van der Waals surface area contributed by atoms with E-state index in [-0.39, 0.29) is 0 Å². The predicted molar refractivity (Wildman–Crippen MR) is 118 cm³/mol. The van der Waals surface area contributed by atoms with Crippen molar-refractivity contribution in [3.8, 4) is 0 Å². The maximum Gasteiger partial charge on any atom is 0.252 e. The van der Waals surface area contributed by atoms with Crippen LogP contribution in [-0.4, -0.2) is 53.0 Å². The summed E-state index contributed by atoms with van der Waals surface area (Å²) in [5, 5.41) is 0. The molecule has 2 N–H and O–H groups in total. The summed E-state index contributed by atoms with van der Waals surface area (Å²) in [4.78, 5) is 26.0. The van der Waals surface area contributed by atoms with Gasteiger partial charge in [-0.1, -0.05) is 24.6 Å². The average Bonchev–Trinajstić information content (AvgIpc) is 3.16. The number of carbonyl (C=O) groups is 1. The number of primary amides is 1. The van der Waals surface area contributed by atoms with E-state index in [0.717, 1.165) is 50.2 Å². The number of hydrogen-bond donors (Lipinski definition) is 1. The first-order valence-electron chi connectivity index (χ1n) is 11.4. The number of benzene rings is 1. The molecule has 3 heterocycles. The Balaban J connectivity index is 1.37. The summed E-state index contributed by atoms with van der Waals surface area (Å²) >= 11 is 0. The zero-order valence-electron chi connectivity index (χ0n) is 17.6. The Hall–Kier alpha value is -2.47. The molecule has 158 valence electrons. The summed E-state index contributed by atoms with van der Waals surface area (Å²) in [5.41, 5.74) is 10.9. The van der Waals surface area contributed by atoms with Gasteiger partial charge in [-0.15, -0.1) is 0 Å². The maximum atomic E-state index is 12.0. The highest BCUT2D eigenvalue weighted by Crippen LogP contribution is 2.28. The molecule has 2 aromatic rings. The second-order valence-corrected chi connectivity index (χ2v) is 8.99. The first-order valence-corrected chi connectivity index (χ1v) is 11.4. The molecule has 6 nitrogen and oxygen atoms in total. The van der Waals surface area contributed by atoms with Gasteiger partial charge in [-0.2, -0.15) is 0 Å². The maximum absolute atomic E-state index is 12.0.